The van der Waals surface area contributed by atoms with E-state index in [1.165, 1.54) is 22.5 Å². The lowest BCUT2D eigenvalue weighted by atomic mass is 10.1. The van der Waals surface area contributed by atoms with Crippen LogP contribution in [0.3, 0.4) is 0 Å². The fraction of sp³-hybridized carbons (Fsp3) is 0.400. The maximum absolute atomic E-state index is 12.9. The molecule has 0 bridgehead atoms. The van der Waals surface area contributed by atoms with Crippen LogP contribution in [-0.2, 0) is 26.5 Å². The first-order chi connectivity index (χ1) is 14.7. The molecule has 0 spiro atoms. The van der Waals surface area contributed by atoms with E-state index in [4.69, 9.17) is 0 Å². The summed E-state index contributed by atoms with van der Waals surface area (Å²) in [6, 6.07) is 11.6. The smallest absolute Gasteiger partial charge is 0.258 e. The molecule has 2 aromatic rings. The second kappa shape index (κ2) is 9.43. The Morgan fingerprint density at radius 3 is 1.94 bits per heavy atom. The van der Waals surface area contributed by atoms with Crippen LogP contribution in [0.15, 0.2) is 58.3 Å². The Hall–Kier alpha value is -2.34. The fourth-order valence-corrected chi connectivity index (χ4v) is 6.30. The second-order valence-corrected chi connectivity index (χ2v) is 11.2. The zero-order valence-corrected chi connectivity index (χ0v) is 18.8. The summed E-state index contributed by atoms with van der Waals surface area (Å²) in [6.45, 7) is 2.05. The van der Waals surface area contributed by atoms with E-state index in [0.717, 1.165) is 35.2 Å². The van der Waals surface area contributed by atoms with E-state index in [1.54, 1.807) is 12.1 Å². The number of nitro groups is 1. The summed E-state index contributed by atoms with van der Waals surface area (Å²) in [4.78, 5) is 10.3. The summed E-state index contributed by atoms with van der Waals surface area (Å²) in [5.74, 6) is 0. The number of piperazine rings is 1. The van der Waals surface area contributed by atoms with Crippen LogP contribution in [-0.4, -0.2) is 56.5 Å². The minimum atomic E-state index is -3.96. The van der Waals surface area contributed by atoms with Crippen LogP contribution in [0.1, 0.15) is 25.3 Å². The first kappa shape index (κ1) is 23.3. The van der Waals surface area contributed by atoms with Gasteiger partial charge in [-0.05, 0) is 36.6 Å². The molecule has 0 atom stereocenters. The van der Waals surface area contributed by atoms with Gasteiger partial charge in [0.1, 0.15) is 0 Å². The Morgan fingerprint density at radius 1 is 0.871 bits per heavy atom. The Balaban J connectivity index is 1.71. The predicted molar refractivity (Wildman–Crippen MR) is 116 cm³/mol. The quantitative estimate of drug-likeness (QED) is 0.435. The molecule has 2 aromatic carbocycles. The summed E-state index contributed by atoms with van der Waals surface area (Å²) in [5, 5.41) is 10.9. The van der Waals surface area contributed by atoms with Crippen LogP contribution in [0.5, 0.6) is 0 Å². The number of rotatable bonds is 8. The van der Waals surface area contributed by atoms with Gasteiger partial charge >= 0.3 is 0 Å². The van der Waals surface area contributed by atoms with Crippen molar-refractivity contribution in [2.24, 2.45) is 0 Å². The van der Waals surface area contributed by atoms with E-state index >= 15 is 0 Å². The van der Waals surface area contributed by atoms with Gasteiger partial charge < -0.3 is 0 Å². The Labute approximate surface area is 182 Å². The number of nitrogens with zero attached hydrogens (tertiary/aromatic N) is 3. The SMILES string of the molecule is CCCCc1ccc(S(=O)(=O)N2CCN(S(=O)(=O)c3cccc([N+](=O)[O-])c3)CC2)cc1. The zero-order chi connectivity index (χ0) is 22.6. The van der Waals surface area contributed by atoms with Crippen molar-refractivity contribution in [2.75, 3.05) is 26.2 Å². The van der Waals surface area contributed by atoms with E-state index in [2.05, 4.69) is 6.92 Å². The fourth-order valence-electron chi connectivity index (χ4n) is 3.42. The molecule has 9 nitrogen and oxygen atoms in total. The van der Waals surface area contributed by atoms with Gasteiger partial charge in [0.25, 0.3) is 5.69 Å². The number of hydrogen-bond donors (Lipinski definition) is 0. The molecule has 31 heavy (non-hydrogen) atoms. The van der Waals surface area contributed by atoms with Gasteiger partial charge in [-0.2, -0.15) is 8.61 Å². The molecule has 0 amide bonds. The number of non-ortho nitro benzene ring substituents is 1. The summed E-state index contributed by atoms with van der Waals surface area (Å²) >= 11 is 0. The van der Waals surface area contributed by atoms with E-state index < -0.39 is 25.0 Å². The molecule has 3 rings (SSSR count). The van der Waals surface area contributed by atoms with Crippen molar-refractivity contribution in [3.8, 4) is 0 Å². The molecule has 1 aliphatic heterocycles. The summed E-state index contributed by atoms with van der Waals surface area (Å²) < 4.78 is 54.0. The third-order valence-electron chi connectivity index (χ3n) is 5.24. The first-order valence-electron chi connectivity index (χ1n) is 10.00. The molecular weight excluding hydrogens is 442 g/mol. The highest BCUT2D eigenvalue weighted by molar-refractivity contribution is 7.89. The van der Waals surface area contributed by atoms with Gasteiger partial charge in [-0.15, -0.1) is 0 Å². The molecule has 0 radical (unpaired) electrons. The van der Waals surface area contributed by atoms with Crippen LogP contribution in [0.2, 0.25) is 0 Å². The number of aryl methyl sites for hydroxylation is 1. The highest BCUT2D eigenvalue weighted by atomic mass is 32.2. The molecule has 0 aromatic heterocycles. The Kier molecular flexibility index (Phi) is 7.10. The molecule has 1 saturated heterocycles. The molecule has 0 unspecified atom stereocenters. The van der Waals surface area contributed by atoms with Crippen LogP contribution in [0.4, 0.5) is 5.69 Å². The molecule has 1 heterocycles. The molecule has 11 heteroatoms. The standard InChI is InChI=1S/C20H25N3O6S2/c1-2-3-5-17-8-10-19(11-9-17)30(26,27)21-12-14-22(15-13-21)31(28,29)20-7-4-6-18(16-20)23(24)25/h4,6-11,16H,2-3,5,12-15H2,1H3. The third-order valence-corrected chi connectivity index (χ3v) is 9.05. The van der Waals surface area contributed by atoms with Gasteiger partial charge in [-0.1, -0.05) is 31.5 Å². The predicted octanol–water partition coefficient (Wildman–Crippen LogP) is 2.63. The topological polar surface area (TPSA) is 118 Å². The maximum atomic E-state index is 12.9. The summed E-state index contributed by atoms with van der Waals surface area (Å²) in [5.41, 5.74) is 0.762. The normalized spacial score (nSPS) is 16.3. The number of benzene rings is 2. The lowest BCUT2D eigenvalue weighted by Gasteiger charge is -2.33. The maximum Gasteiger partial charge on any atom is 0.270 e. The lowest BCUT2D eigenvalue weighted by Crippen LogP contribution is -2.50. The molecule has 168 valence electrons. The van der Waals surface area contributed by atoms with Gasteiger partial charge in [-0.3, -0.25) is 10.1 Å². The summed E-state index contributed by atoms with van der Waals surface area (Å²) in [7, 11) is -7.69. The van der Waals surface area contributed by atoms with Gasteiger partial charge in [0.15, 0.2) is 0 Å². The van der Waals surface area contributed by atoms with E-state index in [0.29, 0.717) is 0 Å². The third kappa shape index (κ3) is 5.12. The van der Waals surface area contributed by atoms with E-state index in [1.807, 2.05) is 12.1 Å². The van der Waals surface area contributed by atoms with Crippen LogP contribution in [0.25, 0.3) is 0 Å². The van der Waals surface area contributed by atoms with Crippen LogP contribution in [0, 0.1) is 10.1 Å². The van der Waals surface area contributed by atoms with Gasteiger partial charge in [-0.25, -0.2) is 16.8 Å². The van der Waals surface area contributed by atoms with Crippen molar-refractivity contribution in [3.05, 3.63) is 64.2 Å². The monoisotopic (exact) mass is 467 g/mol. The number of unbranched alkanes of at least 4 members (excludes halogenated alkanes) is 1. The zero-order valence-electron chi connectivity index (χ0n) is 17.2. The number of hydrogen-bond acceptors (Lipinski definition) is 6. The molecule has 0 N–H and O–H groups in total. The Morgan fingerprint density at radius 2 is 1.42 bits per heavy atom. The number of sulfonamides is 2. The molecule has 0 aliphatic carbocycles. The average molecular weight is 468 g/mol. The molecule has 0 saturated carbocycles. The highest BCUT2D eigenvalue weighted by Crippen LogP contribution is 2.24. The average Bonchev–Trinajstić information content (AvgIpc) is 2.78. The van der Waals surface area contributed by atoms with Crippen LogP contribution >= 0.6 is 0 Å². The molecular formula is C20H25N3O6S2. The lowest BCUT2D eigenvalue weighted by molar-refractivity contribution is -0.385. The van der Waals surface area contributed by atoms with Crippen molar-refractivity contribution >= 4 is 25.7 Å². The van der Waals surface area contributed by atoms with Gasteiger partial charge in [0.05, 0.1) is 14.7 Å². The van der Waals surface area contributed by atoms with Crippen molar-refractivity contribution < 1.29 is 21.8 Å². The largest absolute Gasteiger partial charge is 0.270 e. The van der Waals surface area contributed by atoms with Crippen molar-refractivity contribution in [2.45, 2.75) is 36.0 Å². The van der Waals surface area contributed by atoms with Crippen molar-refractivity contribution in [3.63, 3.8) is 0 Å². The second-order valence-electron chi connectivity index (χ2n) is 7.31. The molecule has 1 aliphatic rings. The van der Waals surface area contributed by atoms with Crippen molar-refractivity contribution in [1.29, 1.82) is 0 Å². The number of nitro benzene ring substituents is 1. The van der Waals surface area contributed by atoms with Gasteiger partial charge in [0, 0.05) is 38.3 Å². The first-order valence-corrected chi connectivity index (χ1v) is 12.9. The van der Waals surface area contributed by atoms with Crippen molar-refractivity contribution in [1.82, 2.24) is 8.61 Å². The Bertz CT molecular complexity index is 1140. The molecule has 1 fully saturated rings. The van der Waals surface area contributed by atoms with E-state index in [9.17, 15) is 26.9 Å². The minimum absolute atomic E-state index is 0.00801. The summed E-state index contributed by atoms with van der Waals surface area (Å²) in [6.07, 6.45) is 2.99. The van der Waals surface area contributed by atoms with Gasteiger partial charge in [0.2, 0.25) is 20.0 Å². The van der Waals surface area contributed by atoms with E-state index in [-0.39, 0.29) is 41.7 Å². The minimum Gasteiger partial charge on any atom is -0.258 e. The highest BCUT2D eigenvalue weighted by Gasteiger charge is 2.34. The van der Waals surface area contributed by atoms with Crippen LogP contribution < -0.4 is 0 Å².